The molecular weight excluding hydrogens is 258 g/mol. The second-order valence-electron chi connectivity index (χ2n) is 4.16. The standard InChI is InChI=1S/C15H21NO4/c1-3-20-14-7-5-4-6-12(14)8-9-15(18)16-10-13(17)11-19-2/h4-9,13,17H,3,10-11H2,1-2H3,(H,16,18). The topological polar surface area (TPSA) is 67.8 Å². The van der Waals surface area contributed by atoms with E-state index in [1.165, 1.54) is 13.2 Å². The van der Waals surface area contributed by atoms with E-state index >= 15 is 0 Å². The molecule has 0 heterocycles. The van der Waals surface area contributed by atoms with E-state index in [0.29, 0.717) is 6.61 Å². The van der Waals surface area contributed by atoms with Crippen molar-refractivity contribution in [3.05, 3.63) is 35.9 Å². The van der Waals surface area contributed by atoms with Crippen LogP contribution in [0.4, 0.5) is 0 Å². The molecule has 0 saturated heterocycles. The maximum atomic E-state index is 11.6. The summed E-state index contributed by atoms with van der Waals surface area (Å²) in [5.74, 6) is 0.463. The Bertz CT molecular complexity index is 445. The largest absolute Gasteiger partial charge is 0.493 e. The van der Waals surface area contributed by atoms with Crippen molar-refractivity contribution in [1.29, 1.82) is 0 Å². The number of ether oxygens (including phenoxy) is 2. The fourth-order valence-electron chi connectivity index (χ4n) is 1.60. The lowest BCUT2D eigenvalue weighted by Crippen LogP contribution is -2.33. The summed E-state index contributed by atoms with van der Waals surface area (Å²) in [6.07, 6.45) is 2.40. The van der Waals surface area contributed by atoms with Crippen molar-refractivity contribution in [2.75, 3.05) is 26.9 Å². The summed E-state index contributed by atoms with van der Waals surface area (Å²) in [5.41, 5.74) is 0.835. The Kier molecular flexibility index (Phi) is 7.39. The molecule has 1 atom stereocenters. The molecule has 5 nitrogen and oxygen atoms in total. The fraction of sp³-hybridized carbons (Fsp3) is 0.400. The average molecular weight is 279 g/mol. The Morgan fingerprint density at radius 3 is 2.90 bits per heavy atom. The molecule has 0 radical (unpaired) electrons. The number of aliphatic hydroxyl groups is 1. The summed E-state index contributed by atoms with van der Waals surface area (Å²) in [6, 6.07) is 7.48. The van der Waals surface area contributed by atoms with Crippen molar-refractivity contribution in [1.82, 2.24) is 5.32 Å². The lowest BCUT2D eigenvalue weighted by Gasteiger charge is -2.09. The maximum absolute atomic E-state index is 11.6. The summed E-state index contributed by atoms with van der Waals surface area (Å²) >= 11 is 0. The van der Waals surface area contributed by atoms with Crippen molar-refractivity contribution in [3.63, 3.8) is 0 Å². The van der Waals surface area contributed by atoms with Gasteiger partial charge in [-0.3, -0.25) is 4.79 Å². The minimum Gasteiger partial charge on any atom is -0.493 e. The normalized spacial score (nSPS) is 12.3. The van der Waals surface area contributed by atoms with Crippen LogP contribution in [0.15, 0.2) is 30.3 Å². The monoisotopic (exact) mass is 279 g/mol. The Balaban J connectivity index is 2.52. The minimum atomic E-state index is -0.701. The van der Waals surface area contributed by atoms with Gasteiger partial charge in [0.1, 0.15) is 5.75 Å². The third-order valence-corrected chi connectivity index (χ3v) is 2.50. The molecule has 1 rings (SSSR count). The third kappa shape index (κ3) is 5.86. The zero-order valence-electron chi connectivity index (χ0n) is 11.8. The Hall–Kier alpha value is -1.85. The van der Waals surface area contributed by atoms with Crippen LogP contribution in [-0.4, -0.2) is 44.0 Å². The van der Waals surface area contributed by atoms with Gasteiger partial charge < -0.3 is 19.9 Å². The zero-order valence-corrected chi connectivity index (χ0v) is 11.8. The van der Waals surface area contributed by atoms with Gasteiger partial charge in [0.2, 0.25) is 5.91 Å². The van der Waals surface area contributed by atoms with Crippen LogP contribution in [0.2, 0.25) is 0 Å². The quantitative estimate of drug-likeness (QED) is 0.702. The first kappa shape index (κ1) is 16.2. The van der Waals surface area contributed by atoms with E-state index in [-0.39, 0.29) is 19.1 Å². The molecule has 0 spiro atoms. The molecule has 1 aromatic rings. The molecule has 0 saturated carbocycles. The molecule has 0 fully saturated rings. The number of hydrogen-bond donors (Lipinski definition) is 2. The van der Waals surface area contributed by atoms with Crippen LogP contribution < -0.4 is 10.1 Å². The summed E-state index contributed by atoms with van der Waals surface area (Å²) in [7, 11) is 1.50. The summed E-state index contributed by atoms with van der Waals surface area (Å²) < 4.78 is 10.2. The zero-order chi connectivity index (χ0) is 14.8. The van der Waals surface area contributed by atoms with Gasteiger partial charge in [-0.1, -0.05) is 18.2 Å². The lowest BCUT2D eigenvalue weighted by molar-refractivity contribution is -0.117. The first-order chi connectivity index (χ1) is 9.67. The summed E-state index contributed by atoms with van der Waals surface area (Å²) in [5, 5.41) is 12.0. The van der Waals surface area contributed by atoms with E-state index in [1.807, 2.05) is 31.2 Å². The van der Waals surface area contributed by atoms with Crippen LogP contribution in [0.25, 0.3) is 6.08 Å². The van der Waals surface area contributed by atoms with Gasteiger partial charge in [-0.25, -0.2) is 0 Å². The molecule has 5 heteroatoms. The van der Waals surface area contributed by atoms with Crippen molar-refractivity contribution < 1.29 is 19.4 Å². The molecule has 0 aliphatic heterocycles. The molecule has 0 bridgehead atoms. The molecular formula is C15H21NO4. The van der Waals surface area contributed by atoms with Gasteiger partial charge >= 0.3 is 0 Å². The van der Waals surface area contributed by atoms with Gasteiger partial charge in [0.25, 0.3) is 0 Å². The predicted octanol–water partition coefficient (Wildman–Crippen LogP) is 1.22. The van der Waals surface area contributed by atoms with Crippen molar-refractivity contribution in [2.24, 2.45) is 0 Å². The van der Waals surface area contributed by atoms with Crippen LogP contribution >= 0.6 is 0 Å². The van der Waals surface area contributed by atoms with Crippen molar-refractivity contribution >= 4 is 12.0 Å². The van der Waals surface area contributed by atoms with Crippen molar-refractivity contribution in [2.45, 2.75) is 13.0 Å². The highest BCUT2D eigenvalue weighted by Crippen LogP contribution is 2.19. The molecule has 2 N–H and O–H groups in total. The maximum Gasteiger partial charge on any atom is 0.244 e. The molecule has 0 aromatic heterocycles. The molecule has 1 unspecified atom stereocenters. The Morgan fingerprint density at radius 1 is 1.45 bits per heavy atom. The van der Waals surface area contributed by atoms with Crippen LogP contribution in [0.3, 0.4) is 0 Å². The highest BCUT2D eigenvalue weighted by Gasteiger charge is 2.04. The highest BCUT2D eigenvalue weighted by atomic mass is 16.5. The molecule has 1 amide bonds. The fourth-order valence-corrected chi connectivity index (χ4v) is 1.60. The molecule has 0 aliphatic rings. The second kappa shape index (κ2) is 9.12. The van der Waals surface area contributed by atoms with Crippen molar-refractivity contribution in [3.8, 4) is 5.75 Å². The Labute approximate surface area is 119 Å². The summed E-state index contributed by atoms with van der Waals surface area (Å²) in [6.45, 7) is 2.83. The van der Waals surface area contributed by atoms with E-state index in [4.69, 9.17) is 9.47 Å². The Morgan fingerprint density at radius 2 is 2.20 bits per heavy atom. The number of methoxy groups -OCH3 is 1. The third-order valence-electron chi connectivity index (χ3n) is 2.50. The predicted molar refractivity (Wildman–Crippen MR) is 77.5 cm³/mol. The van der Waals surface area contributed by atoms with Gasteiger partial charge in [-0.2, -0.15) is 0 Å². The number of benzene rings is 1. The van der Waals surface area contributed by atoms with Gasteiger partial charge in [0.15, 0.2) is 0 Å². The van der Waals surface area contributed by atoms with Gasteiger partial charge in [-0.15, -0.1) is 0 Å². The van der Waals surface area contributed by atoms with E-state index in [9.17, 15) is 9.90 Å². The van der Waals surface area contributed by atoms with Gasteiger partial charge in [0, 0.05) is 25.3 Å². The van der Waals surface area contributed by atoms with Gasteiger partial charge in [-0.05, 0) is 19.1 Å². The van der Waals surface area contributed by atoms with Crippen LogP contribution in [0.1, 0.15) is 12.5 Å². The first-order valence-electron chi connectivity index (χ1n) is 6.52. The van der Waals surface area contributed by atoms with Crippen LogP contribution in [-0.2, 0) is 9.53 Å². The molecule has 1 aromatic carbocycles. The number of para-hydroxylation sites is 1. The number of aliphatic hydroxyl groups excluding tert-OH is 1. The van der Waals surface area contributed by atoms with E-state index < -0.39 is 6.10 Å². The minimum absolute atomic E-state index is 0.157. The first-order valence-corrected chi connectivity index (χ1v) is 6.52. The molecule has 110 valence electrons. The summed E-state index contributed by atoms with van der Waals surface area (Å²) in [4.78, 5) is 11.6. The molecule has 0 aliphatic carbocycles. The van der Waals surface area contributed by atoms with Crippen LogP contribution in [0, 0.1) is 0 Å². The smallest absolute Gasteiger partial charge is 0.244 e. The average Bonchev–Trinajstić information content (AvgIpc) is 2.45. The van der Waals surface area contributed by atoms with Gasteiger partial charge in [0.05, 0.1) is 19.3 Å². The highest BCUT2D eigenvalue weighted by molar-refractivity contribution is 5.92. The van der Waals surface area contributed by atoms with Crippen LogP contribution in [0.5, 0.6) is 5.75 Å². The molecule has 20 heavy (non-hydrogen) atoms. The SMILES string of the molecule is CCOc1ccccc1C=CC(=O)NCC(O)COC. The number of nitrogens with one attached hydrogen (secondary N) is 1. The number of hydrogen-bond acceptors (Lipinski definition) is 4. The van der Waals surface area contributed by atoms with E-state index in [0.717, 1.165) is 11.3 Å². The van der Waals surface area contributed by atoms with E-state index in [1.54, 1.807) is 6.08 Å². The van der Waals surface area contributed by atoms with E-state index in [2.05, 4.69) is 5.32 Å². The number of carbonyl (C=O) groups excluding carboxylic acids is 1. The second-order valence-corrected chi connectivity index (χ2v) is 4.16. The number of carbonyl (C=O) groups is 1. The lowest BCUT2D eigenvalue weighted by atomic mass is 10.2. The number of rotatable bonds is 8. The number of amides is 1.